The Bertz CT molecular complexity index is 970. The molecule has 1 aromatic carbocycles. The third-order valence-electron chi connectivity index (χ3n) is 4.88. The van der Waals surface area contributed by atoms with E-state index in [1.807, 2.05) is 50.2 Å². The smallest absolute Gasteiger partial charge is 0.270 e. The largest absolute Gasteiger partial charge is 0.379 e. The Morgan fingerprint density at radius 3 is 2.93 bits per heavy atom. The number of hydrogen-bond acceptors (Lipinski definition) is 5. The zero-order valence-electron chi connectivity index (χ0n) is 16.1. The summed E-state index contributed by atoms with van der Waals surface area (Å²) < 4.78 is 13.4. The molecular weight excluding hydrogens is 356 g/mol. The number of nitrogens with zero attached hydrogens (tertiary/aromatic N) is 3. The zero-order chi connectivity index (χ0) is 19.5. The van der Waals surface area contributed by atoms with Gasteiger partial charge < -0.3 is 14.8 Å². The number of amides is 1. The molecule has 2 atom stereocenters. The van der Waals surface area contributed by atoms with Crippen LogP contribution in [0, 0.1) is 13.8 Å². The van der Waals surface area contributed by atoms with Crippen molar-refractivity contribution in [3.05, 3.63) is 65.1 Å². The van der Waals surface area contributed by atoms with Crippen molar-refractivity contribution in [1.82, 2.24) is 19.9 Å². The van der Waals surface area contributed by atoms with Gasteiger partial charge in [0.05, 0.1) is 31.1 Å². The molecule has 0 bridgehead atoms. The van der Waals surface area contributed by atoms with Crippen LogP contribution in [0.3, 0.4) is 0 Å². The van der Waals surface area contributed by atoms with Gasteiger partial charge in [0.15, 0.2) is 5.65 Å². The molecule has 0 saturated carbocycles. The number of benzene rings is 1. The summed E-state index contributed by atoms with van der Waals surface area (Å²) in [6, 6.07) is 13.4. The molecule has 7 nitrogen and oxygen atoms in total. The lowest BCUT2D eigenvalue weighted by Crippen LogP contribution is -2.50. The standard InChI is InChI=1S/C21H24N4O3/c1-14-10-20-22-17(11-15(2)25(20)24-14)21(26)23-18-13-27-9-8-19(18)28-12-16-6-4-3-5-7-16/h3-7,10-11,18-19H,8-9,12-13H2,1-2H3,(H,23,26)/t18-,19+/m1/s1. The molecule has 1 aliphatic rings. The maximum Gasteiger partial charge on any atom is 0.270 e. The molecule has 7 heteroatoms. The molecule has 1 amide bonds. The predicted octanol–water partition coefficient (Wildman–Crippen LogP) is 2.45. The zero-order valence-corrected chi connectivity index (χ0v) is 16.1. The predicted molar refractivity (Wildman–Crippen MR) is 104 cm³/mol. The van der Waals surface area contributed by atoms with Crippen LogP contribution in [0.25, 0.3) is 5.65 Å². The van der Waals surface area contributed by atoms with Crippen LogP contribution in [0.4, 0.5) is 0 Å². The highest BCUT2D eigenvalue weighted by Gasteiger charge is 2.29. The monoisotopic (exact) mass is 380 g/mol. The van der Waals surface area contributed by atoms with Crippen molar-refractivity contribution in [3.63, 3.8) is 0 Å². The van der Waals surface area contributed by atoms with Crippen LogP contribution in [0.1, 0.15) is 33.9 Å². The van der Waals surface area contributed by atoms with Gasteiger partial charge in [0.1, 0.15) is 5.69 Å². The van der Waals surface area contributed by atoms with Gasteiger partial charge in [-0.15, -0.1) is 0 Å². The molecule has 1 saturated heterocycles. The second-order valence-corrected chi connectivity index (χ2v) is 7.12. The van der Waals surface area contributed by atoms with Crippen LogP contribution in [0.2, 0.25) is 0 Å². The highest BCUT2D eigenvalue weighted by Crippen LogP contribution is 2.16. The van der Waals surface area contributed by atoms with E-state index in [1.54, 1.807) is 10.6 Å². The van der Waals surface area contributed by atoms with Gasteiger partial charge in [0.2, 0.25) is 0 Å². The number of hydrogen-bond donors (Lipinski definition) is 1. The van der Waals surface area contributed by atoms with E-state index in [-0.39, 0.29) is 18.1 Å². The van der Waals surface area contributed by atoms with Crippen LogP contribution in [0.15, 0.2) is 42.5 Å². The van der Waals surface area contributed by atoms with E-state index in [0.29, 0.717) is 31.2 Å². The van der Waals surface area contributed by atoms with Crippen LogP contribution in [-0.2, 0) is 16.1 Å². The van der Waals surface area contributed by atoms with Gasteiger partial charge in [-0.1, -0.05) is 30.3 Å². The topological polar surface area (TPSA) is 77.8 Å². The van der Waals surface area contributed by atoms with E-state index in [1.165, 1.54) is 0 Å². The summed E-state index contributed by atoms with van der Waals surface area (Å²) in [6.45, 7) is 5.38. The molecule has 1 N–H and O–H groups in total. The fraction of sp³-hybridized carbons (Fsp3) is 0.381. The number of carbonyl (C=O) groups is 1. The van der Waals surface area contributed by atoms with Gasteiger partial charge in [-0.2, -0.15) is 5.10 Å². The maximum absolute atomic E-state index is 12.8. The van der Waals surface area contributed by atoms with E-state index in [4.69, 9.17) is 9.47 Å². The second-order valence-electron chi connectivity index (χ2n) is 7.12. The minimum atomic E-state index is -0.228. The molecule has 146 valence electrons. The summed E-state index contributed by atoms with van der Waals surface area (Å²) in [5, 5.41) is 7.42. The minimum Gasteiger partial charge on any atom is -0.379 e. The van der Waals surface area contributed by atoms with Crippen LogP contribution >= 0.6 is 0 Å². The lowest BCUT2D eigenvalue weighted by molar-refractivity contribution is -0.0605. The van der Waals surface area contributed by atoms with Gasteiger partial charge in [-0.25, -0.2) is 9.50 Å². The van der Waals surface area contributed by atoms with Crippen molar-refractivity contribution < 1.29 is 14.3 Å². The van der Waals surface area contributed by atoms with Gasteiger partial charge in [0.25, 0.3) is 5.91 Å². The molecule has 0 unspecified atom stereocenters. The normalized spacial score (nSPS) is 19.6. The third-order valence-corrected chi connectivity index (χ3v) is 4.88. The quantitative estimate of drug-likeness (QED) is 0.736. The molecular formula is C21H24N4O3. The number of aryl methyl sites for hydroxylation is 2. The Morgan fingerprint density at radius 2 is 2.11 bits per heavy atom. The molecule has 1 aliphatic heterocycles. The van der Waals surface area contributed by atoms with Crippen molar-refractivity contribution in [3.8, 4) is 0 Å². The van der Waals surface area contributed by atoms with Crippen molar-refractivity contribution in [2.45, 2.75) is 39.0 Å². The van der Waals surface area contributed by atoms with Crippen molar-refractivity contribution in [1.29, 1.82) is 0 Å². The fourth-order valence-corrected chi connectivity index (χ4v) is 3.43. The number of rotatable bonds is 5. The molecule has 0 spiro atoms. The van der Waals surface area contributed by atoms with E-state index < -0.39 is 0 Å². The number of fused-ring (bicyclic) bond motifs is 1. The molecule has 28 heavy (non-hydrogen) atoms. The number of ether oxygens (including phenoxy) is 2. The van der Waals surface area contributed by atoms with Gasteiger partial charge in [-0.05, 0) is 31.9 Å². The van der Waals surface area contributed by atoms with Gasteiger partial charge >= 0.3 is 0 Å². The Kier molecular flexibility index (Phi) is 5.36. The average Bonchev–Trinajstić information content (AvgIpc) is 3.09. The summed E-state index contributed by atoms with van der Waals surface area (Å²) in [7, 11) is 0. The molecule has 1 fully saturated rings. The Hall–Kier alpha value is -2.77. The van der Waals surface area contributed by atoms with Crippen LogP contribution in [0.5, 0.6) is 0 Å². The van der Waals surface area contributed by atoms with Gasteiger partial charge in [0, 0.05) is 18.4 Å². The second kappa shape index (κ2) is 8.08. The molecule has 3 heterocycles. The highest BCUT2D eigenvalue weighted by molar-refractivity contribution is 5.93. The summed E-state index contributed by atoms with van der Waals surface area (Å²) in [5.74, 6) is -0.228. The maximum atomic E-state index is 12.8. The number of aromatic nitrogens is 3. The van der Waals surface area contributed by atoms with Crippen molar-refractivity contribution in [2.75, 3.05) is 13.2 Å². The first kappa shape index (κ1) is 18.6. The summed E-state index contributed by atoms with van der Waals surface area (Å²) in [6.07, 6.45) is 0.644. The summed E-state index contributed by atoms with van der Waals surface area (Å²) >= 11 is 0. The van der Waals surface area contributed by atoms with E-state index >= 15 is 0 Å². The Balaban J connectivity index is 1.45. The molecule has 2 aromatic heterocycles. The van der Waals surface area contributed by atoms with E-state index in [2.05, 4.69) is 15.4 Å². The molecule has 0 radical (unpaired) electrons. The Labute approximate surface area is 163 Å². The van der Waals surface area contributed by atoms with Crippen molar-refractivity contribution >= 4 is 11.6 Å². The summed E-state index contributed by atoms with van der Waals surface area (Å²) in [5.41, 5.74) is 3.87. The van der Waals surface area contributed by atoms with E-state index in [0.717, 1.165) is 23.4 Å². The van der Waals surface area contributed by atoms with Crippen molar-refractivity contribution in [2.24, 2.45) is 0 Å². The molecule has 3 aromatic rings. The van der Waals surface area contributed by atoms with E-state index in [9.17, 15) is 4.79 Å². The van der Waals surface area contributed by atoms with Gasteiger partial charge in [-0.3, -0.25) is 4.79 Å². The minimum absolute atomic E-state index is 0.0973. The Morgan fingerprint density at radius 1 is 1.29 bits per heavy atom. The number of nitrogens with one attached hydrogen (secondary N) is 1. The average molecular weight is 380 g/mol. The van der Waals surface area contributed by atoms with Crippen LogP contribution < -0.4 is 5.32 Å². The first-order valence-electron chi connectivity index (χ1n) is 9.48. The highest BCUT2D eigenvalue weighted by atomic mass is 16.5. The lowest BCUT2D eigenvalue weighted by Gasteiger charge is -2.32. The SMILES string of the molecule is Cc1cc2nc(C(=O)N[C@@H]3COCC[C@@H]3OCc3ccccc3)cc(C)n2n1. The lowest BCUT2D eigenvalue weighted by atomic mass is 10.1. The third kappa shape index (κ3) is 4.05. The molecule has 4 rings (SSSR count). The fourth-order valence-electron chi connectivity index (χ4n) is 3.43. The number of carbonyl (C=O) groups excluding carboxylic acids is 1. The first-order chi connectivity index (χ1) is 13.6. The first-order valence-corrected chi connectivity index (χ1v) is 9.48. The summed E-state index contributed by atoms with van der Waals surface area (Å²) in [4.78, 5) is 17.3. The van der Waals surface area contributed by atoms with Crippen LogP contribution in [-0.4, -0.2) is 45.9 Å². The molecule has 0 aliphatic carbocycles.